The third-order valence-electron chi connectivity index (χ3n) is 4.99. The summed E-state index contributed by atoms with van der Waals surface area (Å²) in [6.45, 7) is 11.7. The molecule has 0 N–H and O–H groups in total. The number of unbranched alkanes of at least 4 members (excludes halogenated alkanes) is 12. The van der Waals surface area contributed by atoms with E-state index in [1.807, 2.05) is 0 Å². The van der Waals surface area contributed by atoms with Crippen LogP contribution >= 0.6 is 0 Å². The van der Waals surface area contributed by atoms with Crippen molar-refractivity contribution in [2.45, 2.75) is 130 Å². The van der Waals surface area contributed by atoms with Gasteiger partial charge in [0, 0.05) is 0 Å². The summed E-state index contributed by atoms with van der Waals surface area (Å²) >= 11 is -3.45. The maximum atomic E-state index is 6.30. The van der Waals surface area contributed by atoms with E-state index in [0.29, 0.717) is 26.4 Å². The molecule has 0 aliphatic heterocycles. The second-order valence-electron chi connectivity index (χ2n) is 8.02. The van der Waals surface area contributed by atoms with Crippen molar-refractivity contribution in [3.8, 4) is 0 Å². The summed E-state index contributed by atoms with van der Waals surface area (Å²) in [6, 6.07) is 0. The first kappa shape index (κ1) is 29.4. The minimum absolute atomic E-state index is 0.700. The molecular formula is C24H52O4V. The topological polar surface area (TPSA) is 36.9 Å². The van der Waals surface area contributed by atoms with E-state index in [0.717, 1.165) is 25.7 Å². The third-order valence-corrected chi connectivity index (χ3v) is 8.10. The third kappa shape index (κ3) is 18.9. The molecule has 177 valence electrons. The number of hydrogen-bond donors (Lipinski definition) is 0. The van der Waals surface area contributed by atoms with Crippen LogP contribution in [0.4, 0.5) is 0 Å². The van der Waals surface area contributed by atoms with E-state index in [1.54, 1.807) is 0 Å². The normalized spacial score (nSPS) is 12.0. The van der Waals surface area contributed by atoms with E-state index in [4.69, 9.17) is 14.6 Å². The molecule has 0 radical (unpaired) electrons. The van der Waals surface area contributed by atoms with Crippen molar-refractivity contribution < 1.29 is 30.1 Å². The second-order valence-corrected chi connectivity index (χ2v) is 11.0. The molecule has 0 atom stereocenters. The van der Waals surface area contributed by atoms with E-state index >= 15 is 0 Å². The van der Waals surface area contributed by atoms with Crippen molar-refractivity contribution in [2.75, 3.05) is 26.4 Å². The van der Waals surface area contributed by atoms with Crippen LogP contribution in [0.25, 0.3) is 0 Å². The van der Waals surface area contributed by atoms with E-state index in [2.05, 4.69) is 27.7 Å². The van der Waals surface area contributed by atoms with Gasteiger partial charge in [-0.05, 0) is 0 Å². The molecule has 4 nitrogen and oxygen atoms in total. The van der Waals surface area contributed by atoms with Crippen LogP contribution in [-0.4, -0.2) is 26.4 Å². The molecule has 0 aliphatic carbocycles. The van der Waals surface area contributed by atoms with Crippen LogP contribution in [-0.2, 0) is 30.1 Å². The van der Waals surface area contributed by atoms with E-state index in [9.17, 15) is 0 Å². The zero-order chi connectivity index (χ0) is 21.5. The van der Waals surface area contributed by atoms with Crippen LogP contribution in [0.5, 0.6) is 0 Å². The standard InChI is InChI=1S/4C6H13O.V/c4*1-2-3-4-5-6-7;/h4*2-6H2,1H3;/q4*-1;+4. The van der Waals surface area contributed by atoms with E-state index in [1.165, 1.54) is 77.0 Å². The van der Waals surface area contributed by atoms with Crippen molar-refractivity contribution in [3.05, 3.63) is 0 Å². The first-order chi connectivity index (χ1) is 14.2. The van der Waals surface area contributed by atoms with Gasteiger partial charge >= 0.3 is 187 Å². The van der Waals surface area contributed by atoms with Gasteiger partial charge in [-0.1, -0.05) is 0 Å². The van der Waals surface area contributed by atoms with Gasteiger partial charge in [-0.2, -0.15) is 0 Å². The molecule has 0 aromatic heterocycles. The Bertz CT molecular complexity index is 254. The fraction of sp³-hybridized carbons (Fsp3) is 1.00. The molecule has 0 saturated heterocycles. The van der Waals surface area contributed by atoms with Crippen LogP contribution in [0.15, 0.2) is 0 Å². The van der Waals surface area contributed by atoms with Crippen LogP contribution in [0.1, 0.15) is 130 Å². The van der Waals surface area contributed by atoms with Crippen LogP contribution in [0, 0.1) is 0 Å². The van der Waals surface area contributed by atoms with Crippen LogP contribution < -0.4 is 0 Å². The average Bonchev–Trinajstić information content (AvgIpc) is 2.73. The molecule has 0 aromatic carbocycles. The first-order valence-corrected chi connectivity index (χ1v) is 15.0. The van der Waals surface area contributed by atoms with Crippen molar-refractivity contribution in [1.29, 1.82) is 0 Å². The Labute approximate surface area is 186 Å². The summed E-state index contributed by atoms with van der Waals surface area (Å²) in [5.74, 6) is 0. The Balaban J connectivity index is 4.69. The molecule has 0 unspecified atom stereocenters. The van der Waals surface area contributed by atoms with Crippen molar-refractivity contribution in [2.24, 2.45) is 0 Å². The molecule has 0 saturated carbocycles. The van der Waals surface area contributed by atoms with E-state index < -0.39 is 15.4 Å². The Morgan fingerprint density at radius 3 is 0.793 bits per heavy atom. The fourth-order valence-corrected chi connectivity index (χ4v) is 5.95. The molecule has 0 aromatic rings. The Hall–Kier alpha value is 0.424. The van der Waals surface area contributed by atoms with Crippen molar-refractivity contribution >= 4 is 0 Å². The van der Waals surface area contributed by atoms with Crippen LogP contribution in [0.3, 0.4) is 0 Å². The monoisotopic (exact) mass is 455 g/mol. The van der Waals surface area contributed by atoms with Crippen molar-refractivity contribution in [3.63, 3.8) is 0 Å². The van der Waals surface area contributed by atoms with Crippen LogP contribution in [0.2, 0.25) is 0 Å². The molecule has 0 heterocycles. The zero-order valence-electron chi connectivity index (χ0n) is 20.2. The molecule has 5 heteroatoms. The quantitative estimate of drug-likeness (QED) is 0.137. The molecule has 0 spiro atoms. The molecule has 0 amide bonds. The Morgan fingerprint density at radius 1 is 0.345 bits per heavy atom. The van der Waals surface area contributed by atoms with Gasteiger partial charge in [0.15, 0.2) is 0 Å². The molecule has 0 aliphatic rings. The summed E-state index contributed by atoms with van der Waals surface area (Å²) < 4.78 is 25.2. The maximum absolute atomic E-state index is 6.30. The first-order valence-electron chi connectivity index (χ1n) is 12.7. The second kappa shape index (κ2) is 23.1. The van der Waals surface area contributed by atoms with Crippen molar-refractivity contribution in [1.82, 2.24) is 0 Å². The van der Waals surface area contributed by atoms with Gasteiger partial charge in [-0.15, -0.1) is 0 Å². The molecular weight excluding hydrogens is 403 g/mol. The summed E-state index contributed by atoms with van der Waals surface area (Å²) in [4.78, 5) is 0. The van der Waals surface area contributed by atoms with Gasteiger partial charge in [-0.25, -0.2) is 0 Å². The number of hydrogen-bond acceptors (Lipinski definition) is 4. The predicted octanol–water partition coefficient (Wildman–Crippen LogP) is 8.19. The zero-order valence-corrected chi connectivity index (χ0v) is 21.6. The summed E-state index contributed by atoms with van der Waals surface area (Å²) in [6.07, 6.45) is 19.1. The minimum atomic E-state index is -3.45. The van der Waals surface area contributed by atoms with Gasteiger partial charge in [0.25, 0.3) is 0 Å². The van der Waals surface area contributed by atoms with E-state index in [-0.39, 0.29) is 0 Å². The molecule has 0 rings (SSSR count). The SMILES string of the molecule is CCCCCC[O][V]([O]CCCCCC)([O]CCCCCC)[O]CCCCCC. The van der Waals surface area contributed by atoms with Gasteiger partial charge < -0.3 is 0 Å². The van der Waals surface area contributed by atoms with Gasteiger partial charge in [0.05, 0.1) is 0 Å². The van der Waals surface area contributed by atoms with Gasteiger partial charge in [0.1, 0.15) is 0 Å². The molecule has 0 fully saturated rings. The van der Waals surface area contributed by atoms with Gasteiger partial charge in [0.2, 0.25) is 0 Å². The average molecular weight is 456 g/mol. The summed E-state index contributed by atoms with van der Waals surface area (Å²) in [7, 11) is 0. The Kier molecular flexibility index (Phi) is 23.4. The summed E-state index contributed by atoms with van der Waals surface area (Å²) in [5.41, 5.74) is 0. The fourth-order valence-electron chi connectivity index (χ4n) is 3.04. The molecule has 0 bridgehead atoms. The van der Waals surface area contributed by atoms with Gasteiger partial charge in [-0.3, -0.25) is 0 Å². The number of rotatable bonds is 24. The summed E-state index contributed by atoms with van der Waals surface area (Å²) in [5, 5.41) is 0. The molecule has 29 heavy (non-hydrogen) atoms. The Morgan fingerprint density at radius 2 is 0.586 bits per heavy atom. The predicted molar refractivity (Wildman–Crippen MR) is 120 cm³/mol.